The number of anilines is 1. The van der Waals surface area contributed by atoms with Crippen molar-refractivity contribution in [1.82, 2.24) is 0 Å². The molecule has 23 heavy (non-hydrogen) atoms. The number of halogens is 1. The second kappa shape index (κ2) is 8.09. The van der Waals surface area contributed by atoms with Gasteiger partial charge in [0.15, 0.2) is 6.61 Å². The van der Waals surface area contributed by atoms with Gasteiger partial charge in [0.05, 0.1) is 6.21 Å². The minimum Gasteiger partial charge on any atom is -0.386 e. The molecule has 2 aromatic carbocycles. The van der Waals surface area contributed by atoms with Crippen molar-refractivity contribution in [1.29, 1.82) is 0 Å². The molecule has 0 atom stereocenters. The minimum absolute atomic E-state index is 0.224. The fourth-order valence-electron chi connectivity index (χ4n) is 1.68. The highest BCUT2D eigenvalue weighted by atomic mass is 79.9. The monoisotopic (exact) mass is 375 g/mol. The lowest BCUT2D eigenvalue weighted by Crippen LogP contribution is -2.17. The fourth-order valence-corrected chi connectivity index (χ4v) is 2.07. The van der Waals surface area contributed by atoms with Gasteiger partial charge in [-0.05, 0) is 30.3 Å². The molecule has 0 saturated heterocycles. The number of carbonyl (C=O) groups excluding carboxylic acids is 2. The molecule has 0 fully saturated rings. The zero-order chi connectivity index (χ0) is 16.7. The van der Waals surface area contributed by atoms with Crippen LogP contribution in [0, 0.1) is 0 Å². The third-order valence-electron chi connectivity index (χ3n) is 2.82. The van der Waals surface area contributed by atoms with Crippen LogP contribution in [-0.4, -0.2) is 24.6 Å². The summed E-state index contributed by atoms with van der Waals surface area (Å²) in [6, 6.07) is 13.7. The van der Waals surface area contributed by atoms with E-state index in [0.717, 1.165) is 10.0 Å². The van der Waals surface area contributed by atoms with E-state index in [-0.39, 0.29) is 12.5 Å². The van der Waals surface area contributed by atoms with Gasteiger partial charge in [-0.25, -0.2) is 0 Å². The van der Waals surface area contributed by atoms with Crippen LogP contribution >= 0.6 is 15.9 Å². The van der Waals surface area contributed by atoms with Crippen LogP contribution in [0.2, 0.25) is 0 Å². The maximum atomic E-state index is 11.7. The zero-order valence-corrected chi connectivity index (χ0v) is 13.6. The van der Waals surface area contributed by atoms with Crippen molar-refractivity contribution in [3.05, 3.63) is 64.1 Å². The zero-order valence-electron chi connectivity index (χ0n) is 12.0. The number of nitrogens with zero attached hydrogens (tertiary/aromatic N) is 1. The number of hydrogen-bond acceptors (Lipinski definition) is 4. The van der Waals surface area contributed by atoms with Gasteiger partial charge >= 0.3 is 0 Å². The van der Waals surface area contributed by atoms with Gasteiger partial charge in [-0.3, -0.25) is 9.59 Å². The van der Waals surface area contributed by atoms with Gasteiger partial charge in [0.1, 0.15) is 0 Å². The van der Waals surface area contributed by atoms with Crippen molar-refractivity contribution in [2.24, 2.45) is 10.9 Å². The molecule has 6 nitrogen and oxygen atoms in total. The summed E-state index contributed by atoms with van der Waals surface area (Å²) in [6.07, 6.45) is 1.51. The summed E-state index contributed by atoms with van der Waals surface area (Å²) in [5.41, 5.74) is 6.89. The van der Waals surface area contributed by atoms with Crippen LogP contribution in [-0.2, 0) is 9.63 Å². The van der Waals surface area contributed by atoms with Gasteiger partial charge in [0.25, 0.3) is 5.91 Å². The summed E-state index contributed by atoms with van der Waals surface area (Å²) in [7, 11) is 0. The lowest BCUT2D eigenvalue weighted by molar-refractivity contribution is -0.120. The number of hydrogen-bond donors (Lipinski definition) is 2. The normalized spacial score (nSPS) is 10.5. The SMILES string of the molecule is NC(=O)c1ccc(NC(=O)CO/N=C\c2ccccc2Br)cc1. The molecule has 118 valence electrons. The second-order valence-electron chi connectivity index (χ2n) is 4.52. The molecule has 0 aliphatic carbocycles. The Labute approximate surface area is 141 Å². The summed E-state index contributed by atoms with van der Waals surface area (Å²) in [5.74, 6) is -0.881. The summed E-state index contributed by atoms with van der Waals surface area (Å²) >= 11 is 3.38. The third kappa shape index (κ3) is 5.23. The van der Waals surface area contributed by atoms with Crippen molar-refractivity contribution >= 4 is 39.6 Å². The summed E-state index contributed by atoms with van der Waals surface area (Å²) in [6.45, 7) is -0.224. The Kier molecular flexibility index (Phi) is 5.87. The van der Waals surface area contributed by atoms with E-state index >= 15 is 0 Å². The number of benzene rings is 2. The molecule has 0 unspecified atom stereocenters. The van der Waals surface area contributed by atoms with E-state index in [1.807, 2.05) is 24.3 Å². The fraction of sp³-hybridized carbons (Fsp3) is 0.0625. The van der Waals surface area contributed by atoms with E-state index in [2.05, 4.69) is 26.4 Å². The summed E-state index contributed by atoms with van der Waals surface area (Å²) in [4.78, 5) is 27.6. The van der Waals surface area contributed by atoms with E-state index in [1.165, 1.54) is 18.3 Å². The van der Waals surface area contributed by atoms with Crippen LogP contribution in [0.4, 0.5) is 5.69 Å². The molecule has 0 aromatic heterocycles. The lowest BCUT2D eigenvalue weighted by atomic mass is 10.2. The highest BCUT2D eigenvalue weighted by Gasteiger charge is 2.04. The molecular weight excluding hydrogens is 362 g/mol. The van der Waals surface area contributed by atoms with Gasteiger partial charge in [-0.1, -0.05) is 39.3 Å². The molecule has 0 spiro atoms. The topological polar surface area (TPSA) is 93.8 Å². The Hall–Kier alpha value is -2.67. The number of amides is 2. The second-order valence-corrected chi connectivity index (χ2v) is 5.37. The van der Waals surface area contributed by atoms with Crippen LogP contribution in [0.3, 0.4) is 0 Å². The smallest absolute Gasteiger partial charge is 0.265 e. The predicted octanol–water partition coefficient (Wildman–Crippen LogP) is 2.54. The van der Waals surface area contributed by atoms with Crippen LogP contribution < -0.4 is 11.1 Å². The largest absolute Gasteiger partial charge is 0.386 e. The molecule has 2 aromatic rings. The number of oxime groups is 1. The van der Waals surface area contributed by atoms with Crippen molar-refractivity contribution in [3.8, 4) is 0 Å². The predicted molar refractivity (Wildman–Crippen MR) is 91.3 cm³/mol. The molecule has 0 bridgehead atoms. The highest BCUT2D eigenvalue weighted by molar-refractivity contribution is 9.10. The standard InChI is InChI=1S/C16H14BrN3O3/c17-14-4-2-1-3-12(14)9-19-23-10-15(21)20-13-7-5-11(6-8-13)16(18)22/h1-9H,10H2,(H2,18,22)(H,20,21)/b19-9-. The van der Waals surface area contributed by atoms with E-state index < -0.39 is 5.91 Å². The minimum atomic E-state index is -0.521. The quantitative estimate of drug-likeness (QED) is 0.599. The van der Waals surface area contributed by atoms with Crippen molar-refractivity contribution in [2.45, 2.75) is 0 Å². The number of nitrogens with one attached hydrogen (secondary N) is 1. The Bertz CT molecular complexity index is 730. The Morgan fingerprint density at radius 2 is 1.87 bits per heavy atom. The average Bonchev–Trinajstić information content (AvgIpc) is 2.53. The van der Waals surface area contributed by atoms with Gasteiger partial charge in [0.2, 0.25) is 5.91 Å². The molecule has 2 amide bonds. The first-order valence-corrected chi connectivity index (χ1v) is 7.45. The van der Waals surface area contributed by atoms with Crippen molar-refractivity contribution in [2.75, 3.05) is 11.9 Å². The Morgan fingerprint density at radius 1 is 1.17 bits per heavy atom. The first kappa shape index (κ1) is 16.7. The average molecular weight is 376 g/mol. The van der Waals surface area contributed by atoms with E-state index in [1.54, 1.807) is 12.1 Å². The molecule has 7 heteroatoms. The number of nitrogens with two attached hydrogens (primary N) is 1. The lowest BCUT2D eigenvalue weighted by Gasteiger charge is -2.04. The first-order chi connectivity index (χ1) is 11.1. The number of rotatable bonds is 6. The van der Waals surface area contributed by atoms with Gasteiger partial charge in [-0.15, -0.1) is 0 Å². The van der Waals surface area contributed by atoms with Gasteiger partial charge in [0, 0.05) is 21.3 Å². The molecule has 0 radical (unpaired) electrons. The molecule has 3 N–H and O–H groups in total. The first-order valence-electron chi connectivity index (χ1n) is 6.66. The van der Waals surface area contributed by atoms with Crippen LogP contribution in [0.5, 0.6) is 0 Å². The third-order valence-corrected chi connectivity index (χ3v) is 3.54. The van der Waals surface area contributed by atoms with Crippen molar-refractivity contribution in [3.63, 3.8) is 0 Å². The van der Waals surface area contributed by atoms with Crippen molar-refractivity contribution < 1.29 is 14.4 Å². The van der Waals surface area contributed by atoms with Crippen LogP contribution in [0.1, 0.15) is 15.9 Å². The van der Waals surface area contributed by atoms with Crippen LogP contribution in [0.25, 0.3) is 0 Å². The molecule has 0 aliphatic rings. The summed E-state index contributed by atoms with van der Waals surface area (Å²) in [5, 5.41) is 6.36. The van der Waals surface area contributed by atoms with Gasteiger partial charge in [-0.2, -0.15) is 0 Å². The van der Waals surface area contributed by atoms with E-state index in [9.17, 15) is 9.59 Å². The number of primary amides is 1. The maximum absolute atomic E-state index is 11.7. The molecular formula is C16H14BrN3O3. The van der Waals surface area contributed by atoms with E-state index in [0.29, 0.717) is 11.3 Å². The van der Waals surface area contributed by atoms with Gasteiger partial charge < -0.3 is 15.9 Å². The molecule has 0 aliphatic heterocycles. The Balaban J connectivity index is 1.81. The maximum Gasteiger partial charge on any atom is 0.265 e. The molecule has 2 rings (SSSR count). The summed E-state index contributed by atoms with van der Waals surface area (Å²) < 4.78 is 0.881. The molecule has 0 saturated carbocycles. The number of carbonyl (C=O) groups is 2. The molecule has 0 heterocycles. The Morgan fingerprint density at radius 3 is 2.52 bits per heavy atom. The highest BCUT2D eigenvalue weighted by Crippen LogP contribution is 2.13. The van der Waals surface area contributed by atoms with Crippen LogP contribution in [0.15, 0.2) is 58.2 Å². The van der Waals surface area contributed by atoms with E-state index in [4.69, 9.17) is 10.6 Å².